The molecule has 5 nitrogen and oxygen atoms in total. The van der Waals surface area contributed by atoms with Gasteiger partial charge in [0.1, 0.15) is 0 Å². The van der Waals surface area contributed by atoms with Gasteiger partial charge in [0.25, 0.3) is 0 Å². The van der Waals surface area contributed by atoms with Crippen LogP contribution in [0.25, 0.3) is 0 Å². The fraction of sp³-hybridized carbons (Fsp3) is 0.450. The highest BCUT2D eigenvalue weighted by atomic mass is 15.3. The molecule has 0 unspecified atom stereocenters. The first-order chi connectivity index (χ1) is 12.0. The number of benzene rings is 1. The van der Waals surface area contributed by atoms with Crippen molar-refractivity contribution in [3.8, 4) is 0 Å². The van der Waals surface area contributed by atoms with Gasteiger partial charge in [-0.25, -0.2) is 0 Å². The Morgan fingerprint density at radius 2 is 1.84 bits per heavy atom. The molecule has 1 heterocycles. The number of nitrogens with zero attached hydrogens (tertiary/aromatic N) is 4. The van der Waals surface area contributed by atoms with Crippen LogP contribution in [0.2, 0.25) is 0 Å². The summed E-state index contributed by atoms with van der Waals surface area (Å²) in [6.45, 7) is 4.59. The van der Waals surface area contributed by atoms with E-state index in [1.807, 2.05) is 0 Å². The molecule has 0 radical (unpaired) electrons. The number of anilines is 1. The fourth-order valence-electron chi connectivity index (χ4n) is 2.70. The number of aliphatic imine (C=N–C) groups is 1. The lowest BCUT2D eigenvalue weighted by molar-refractivity contribution is 0.462. The van der Waals surface area contributed by atoms with Gasteiger partial charge in [-0.2, -0.15) is 0 Å². The quantitative estimate of drug-likeness (QED) is 0.621. The molecule has 0 fully saturated rings. The van der Waals surface area contributed by atoms with Gasteiger partial charge in [0.15, 0.2) is 5.96 Å². The van der Waals surface area contributed by atoms with Crippen LogP contribution in [0.5, 0.6) is 0 Å². The van der Waals surface area contributed by atoms with Gasteiger partial charge < -0.3 is 19.7 Å². The molecule has 0 saturated heterocycles. The van der Waals surface area contributed by atoms with Crippen molar-refractivity contribution in [2.45, 2.75) is 19.9 Å². The van der Waals surface area contributed by atoms with E-state index in [9.17, 15) is 0 Å². The average molecular weight is 342 g/mol. The van der Waals surface area contributed by atoms with Gasteiger partial charge in [-0.05, 0) is 43.2 Å². The lowest BCUT2D eigenvalue weighted by Crippen LogP contribution is -2.39. The smallest absolute Gasteiger partial charge is 0.194 e. The maximum Gasteiger partial charge on any atom is 0.194 e. The molecular formula is C20H31N5. The van der Waals surface area contributed by atoms with Crippen LogP contribution < -0.4 is 10.2 Å². The van der Waals surface area contributed by atoms with Gasteiger partial charge in [-0.3, -0.25) is 4.99 Å². The Bertz CT molecular complexity index is 670. The van der Waals surface area contributed by atoms with Crippen molar-refractivity contribution in [3.05, 3.63) is 53.9 Å². The van der Waals surface area contributed by atoms with Crippen LogP contribution in [-0.4, -0.2) is 49.7 Å². The highest BCUT2D eigenvalue weighted by molar-refractivity contribution is 5.79. The van der Waals surface area contributed by atoms with E-state index in [0.29, 0.717) is 0 Å². The normalized spacial score (nSPS) is 11.5. The van der Waals surface area contributed by atoms with Gasteiger partial charge in [0, 0.05) is 58.9 Å². The summed E-state index contributed by atoms with van der Waals surface area (Å²) in [6.07, 6.45) is 3.02. The van der Waals surface area contributed by atoms with Crippen molar-refractivity contribution in [2.24, 2.45) is 12.0 Å². The second-order valence-electron chi connectivity index (χ2n) is 6.51. The zero-order chi connectivity index (χ0) is 18.2. The van der Waals surface area contributed by atoms with Crippen molar-refractivity contribution >= 4 is 11.6 Å². The van der Waals surface area contributed by atoms with Crippen LogP contribution >= 0.6 is 0 Å². The van der Waals surface area contributed by atoms with E-state index in [0.717, 1.165) is 32.0 Å². The zero-order valence-corrected chi connectivity index (χ0v) is 16.2. The van der Waals surface area contributed by atoms with E-state index in [-0.39, 0.29) is 0 Å². The third-order valence-electron chi connectivity index (χ3n) is 4.26. The molecule has 0 aliphatic heterocycles. The summed E-state index contributed by atoms with van der Waals surface area (Å²) in [5.41, 5.74) is 3.81. The molecular weight excluding hydrogens is 310 g/mol. The second kappa shape index (κ2) is 9.16. The predicted molar refractivity (Wildman–Crippen MR) is 107 cm³/mol. The van der Waals surface area contributed by atoms with Gasteiger partial charge in [-0.1, -0.05) is 12.1 Å². The number of hydrogen-bond acceptors (Lipinski definition) is 2. The van der Waals surface area contributed by atoms with Gasteiger partial charge in [-0.15, -0.1) is 0 Å². The number of rotatable bonds is 7. The summed E-state index contributed by atoms with van der Waals surface area (Å²) in [4.78, 5) is 9.08. The number of aromatic nitrogens is 1. The molecule has 1 aromatic carbocycles. The lowest BCUT2D eigenvalue weighted by Gasteiger charge is -2.22. The summed E-state index contributed by atoms with van der Waals surface area (Å²) < 4.78 is 2.15. The van der Waals surface area contributed by atoms with Crippen molar-refractivity contribution in [2.75, 3.05) is 39.1 Å². The third-order valence-corrected chi connectivity index (χ3v) is 4.26. The third kappa shape index (κ3) is 5.55. The molecule has 0 spiro atoms. The van der Waals surface area contributed by atoms with Crippen molar-refractivity contribution in [1.82, 2.24) is 14.8 Å². The number of nitrogens with one attached hydrogen (secondary N) is 1. The Hall–Kier alpha value is -2.43. The van der Waals surface area contributed by atoms with Gasteiger partial charge in [0.05, 0.1) is 6.54 Å². The Morgan fingerprint density at radius 1 is 1.12 bits per heavy atom. The van der Waals surface area contributed by atoms with E-state index in [2.05, 4.69) is 97.4 Å². The molecule has 136 valence electrons. The first-order valence-corrected chi connectivity index (χ1v) is 8.87. The fourth-order valence-corrected chi connectivity index (χ4v) is 2.70. The summed E-state index contributed by atoms with van der Waals surface area (Å²) >= 11 is 0. The number of hydrogen-bond donors (Lipinski definition) is 1. The van der Waals surface area contributed by atoms with E-state index in [1.54, 1.807) is 0 Å². The van der Waals surface area contributed by atoms with Gasteiger partial charge >= 0.3 is 0 Å². The summed E-state index contributed by atoms with van der Waals surface area (Å²) in [6, 6.07) is 12.9. The number of aryl methyl sites for hydroxylation is 1. The Balaban J connectivity index is 1.95. The SMILES string of the molecule is CCNC(=NCCc1ccc(N(C)C)cc1)N(C)Cc1cccn1C. The molecule has 1 aromatic heterocycles. The van der Waals surface area contributed by atoms with E-state index in [1.165, 1.54) is 16.9 Å². The minimum Gasteiger partial charge on any atom is -0.378 e. The Labute approximate surface area is 152 Å². The van der Waals surface area contributed by atoms with Crippen LogP contribution in [0, 0.1) is 0 Å². The van der Waals surface area contributed by atoms with Crippen LogP contribution in [-0.2, 0) is 20.0 Å². The van der Waals surface area contributed by atoms with Crippen LogP contribution in [0.4, 0.5) is 5.69 Å². The standard InChI is InChI=1S/C20H31N5/c1-6-21-20(25(5)16-19-8-7-15-24(19)4)22-14-13-17-9-11-18(12-10-17)23(2)3/h7-12,15H,6,13-14,16H2,1-5H3,(H,21,22). The van der Waals surface area contributed by atoms with Crippen molar-refractivity contribution in [1.29, 1.82) is 0 Å². The Kier molecular flexibility index (Phi) is 6.92. The van der Waals surface area contributed by atoms with E-state index < -0.39 is 0 Å². The summed E-state index contributed by atoms with van der Waals surface area (Å²) in [5.74, 6) is 0.952. The maximum atomic E-state index is 4.79. The van der Waals surface area contributed by atoms with Crippen molar-refractivity contribution in [3.63, 3.8) is 0 Å². The van der Waals surface area contributed by atoms with Crippen LogP contribution in [0.15, 0.2) is 47.6 Å². The topological polar surface area (TPSA) is 35.8 Å². The largest absolute Gasteiger partial charge is 0.378 e. The lowest BCUT2D eigenvalue weighted by atomic mass is 10.1. The summed E-state index contributed by atoms with van der Waals surface area (Å²) in [7, 11) is 8.28. The van der Waals surface area contributed by atoms with Crippen LogP contribution in [0.1, 0.15) is 18.2 Å². The summed E-state index contributed by atoms with van der Waals surface area (Å²) in [5, 5.41) is 3.38. The molecule has 0 atom stereocenters. The zero-order valence-electron chi connectivity index (χ0n) is 16.2. The molecule has 0 bridgehead atoms. The monoisotopic (exact) mass is 341 g/mol. The molecule has 1 N–H and O–H groups in total. The minimum atomic E-state index is 0.779. The molecule has 0 aliphatic rings. The van der Waals surface area contributed by atoms with Crippen LogP contribution in [0.3, 0.4) is 0 Å². The number of guanidine groups is 1. The van der Waals surface area contributed by atoms with Crippen molar-refractivity contribution < 1.29 is 0 Å². The van der Waals surface area contributed by atoms with E-state index >= 15 is 0 Å². The van der Waals surface area contributed by atoms with Gasteiger partial charge in [0.2, 0.25) is 0 Å². The molecule has 2 rings (SSSR count). The molecule has 0 saturated carbocycles. The van der Waals surface area contributed by atoms with E-state index in [4.69, 9.17) is 4.99 Å². The first kappa shape index (κ1) is 18.9. The Morgan fingerprint density at radius 3 is 2.40 bits per heavy atom. The molecule has 25 heavy (non-hydrogen) atoms. The highest BCUT2D eigenvalue weighted by Gasteiger charge is 2.08. The molecule has 2 aromatic rings. The maximum absolute atomic E-state index is 4.79. The minimum absolute atomic E-state index is 0.779. The second-order valence-corrected chi connectivity index (χ2v) is 6.51. The molecule has 5 heteroatoms. The molecule has 0 aliphatic carbocycles. The molecule has 0 amide bonds. The first-order valence-electron chi connectivity index (χ1n) is 8.87. The predicted octanol–water partition coefficient (Wildman–Crippen LogP) is 2.73. The highest BCUT2D eigenvalue weighted by Crippen LogP contribution is 2.12. The average Bonchev–Trinajstić information content (AvgIpc) is 2.99.